The van der Waals surface area contributed by atoms with Crippen molar-refractivity contribution in [1.82, 2.24) is 4.90 Å². The first-order valence-corrected chi connectivity index (χ1v) is 6.04. The van der Waals surface area contributed by atoms with E-state index in [-0.39, 0.29) is 0 Å². The molecule has 1 aromatic carbocycles. The molecule has 0 aliphatic carbocycles. The van der Waals surface area contributed by atoms with Gasteiger partial charge in [0.2, 0.25) is 0 Å². The van der Waals surface area contributed by atoms with Gasteiger partial charge < -0.3 is 14.7 Å². The summed E-state index contributed by atoms with van der Waals surface area (Å²) >= 11 is 0. The van der Waals surface area contributed by atoms with Crippen molar-refractivity contribution in [3.63, 3.8) is 0 Å². The number of aliphatic hydroxyl groups is 1. The van der Waals surface area contributed by atoms with Crippen molar-refractivity contribution in [2.75, 3.05) is 27.2 Å². The molecule has 3 nitrogen and oxygen atoms in total. The Labute approximate surface area is 104 Å². The van der Waals surface area contributed by atoms with Crippen LogP contribution in [0.15, 0.2) is 24.3 Å². The number of aliphatic hydroxyl groups excluding tert-OH is 1. The van der Waals surface area contributed by atoms with Crippen molar-refractivity contribution in [1.29, 1.82) is 0 Å². The number of hydrogen-bond acceptors (Lipinski definition) is 3. The highest BCUT2D eigenvalue weighted by atomic mass is 16.5. The molecule has 0 aliphatic rings. The van der Waals surface area contributed by atoms with E-state index in [2.05, 4.69) is 18.7 Å². The molecule has 0 spiro atoms. The van der Waals surface area contributed by atoms with Crippen molar-refractivity contribution >= 4 is 0 Å². The lowest BCUT2D eigenvalue weighted by Gasteiger charge is -2.23. The second-order valence-electron chi connectivity index (χ2n) is 4.87. The third kappa shape index (κ3) is 4.36. The van der Waals surface area contributed by atoms with Gasteiger partial charge in [0.1, 0.15) is 5.75 Å². The molecule has 0 fully saturated rings. The Kier molecular flexibility index (Phi) is 5.45. The minimum Gasteiger partial charge on any atom is -0.496 e. The summed E-state index contributed by atoms with van der Waals surface area (Å²) in [5, 5.41) is 10.2. The summed E-state index contributed by atoms with van der Waals surface area (Å²) in [5.41, 5.74) is 0.852. The molecule has 3 heteroatoms. The van der Waals surface area contributed by atoms with Crippen LogP contribution in [0, 0.1) is 5.92 Å². The van der Waals surface area contributed by atoms with Crippen molar-refractivity contribution in [2.45, 2.75) is 20.0 Å². The number of hydrogen-bond donors (Lipinski definition) is 1. The number of rotatable bonds is 6. The van der Waals surface area contributed by atoms with Gasteiger partial charge in [-0.1, -0.05) is 32.0 Å². The molecule has 0 saturated carbocycles. The molecule has 0 heterocycles. The van der Waals surface area contributed by atoms with Crippen LogP contribution in [0.2, 0.25) is 0 Å². The van der Waals surface area contributed by atoms with Gasteiger partial charge in [0, 0.05) is 18.7 Å². The van der Waals surface area contributed by atoms with Gasteiger partial charge in [-0.05, 0) is 19.0 Å². The van der Waals surface area contributed by atoms with Crippen molar-refractivity contribution < 1.29 is 9.84 Å². The van der Waals surface area contributed by atoms with Gasteiger partial charge in [-0.15, -0.1) is 0 Å². The van der Waals surface area contributed by atoms with E-state index in [1.807, 2.05) is 31.3 Å². The fourth-order valence-electron chi connectivity index (χ4n) is 2.03. The molecule has 0 aliphatic heterocycles. The average Bonchev–Trinajstić information content (AvgIpc) is 2.27. The number of para-hydroxylation sites is 1. The quantitative estimate of drug-likeness (QED) is 0.824. The van der Waals surface area contributed by atoms with Gasteiger partial charge >= 0.3 is 0 Å². The smallest absolute Gasteiger partial charge is 0.124 e. The van der Waals surface area contributed by atoms with Crippen LogP contribution in [0.4, 0.5) is 0 Å². The molecule has 1 N–H and O–H groups in total. The molecule has 1 unspecified atom stereocenters. The SMILES string of the molecule is COc1ccccc1C(O)CN(C)CC(C)C. The molecule has 0 amide bonds. The largest absolute Gasteiger partial charge is 0.496 e. The van der Waals surface area contributed by atoms with E-state index >= 15 is 0 Å². The zero-order valence-corrected chi connectivity index (χ0v) is 11.2. The van der Waals surface area contributed by atoms with Crippen LogP contribution in [0.25, 0.3) is 0 Å². The van der Waals surface area contributed by atoms with Crippen LogP contribution in [0.1, 0.15) is 25.5 Å². The standard InChI is InChI=1S/C14H23NO2/c1-11(2)9-15(3)10-13(16)12-7-5-6-8-14(12)17-4/h5-8,11,13,16H,9-10H2,1-4H3. The molecule has 96 valence electrons. The molecular weight excluding hydrogens is 214 g/mol. The second kappa shape index (κ2) is 6.62. The summed E-state index contributed by atoms with van der Waals surface area (Å²) in [5.74, 6) is 1.35. The summed E-state index contributed by atoms with van der Waals surface area (Å²) in [6.07, 6.45) is -0.505. The maximum atomic E-state index is 10.2. The van der Waals surface area contributed by atoms with E-state index in [9.17, 15) is 5.11 Å². The normalized spacial score (nSPS) is 13.1. The molecule has 1 aromatic rings. The lowest BCUT2D eigenvalue weighted by Crippen LogP contribution is -2.28. The number of nitrogens with zero attached hydrogens (tertiary/aromatic N) is 1. The van der Waals surface area contributed by atoms with Crippen LogP contribution in [-0.2, 0) is 0 Å². The van der Waals surface area contributed by atoms with Gasteiger partial charge in [-0.25, -0.2) is 0 Å². The van der Waals surface area contributed by atoms with Crippen molar-refractivity contribution in [3.8, 4) is 5.75 Å². The van der Waals surface area contributed by atoms with Crippen LogP contribution in [-0.4, -0.2) is 37.3 Å². The summed E-state index contributed by atoms with van der Waals surface area (Å²) in [6.45, 7) is 5.95. The number of methoxy groups -OCH3 is 1. The summed E-state index contributed by atoms with van der Waals surface area (Å²) in [6, 6.07) is 7.62. The van der Waals surface area contributed by atoms with Crippen molar-refractivity contribution in [3.05, 3.63) is 29.8 Å². The third-order valence-electron chi connectivity index (χ3n) is 2.66. The van der Waals surface area contributed by atoms with Gasteiger partial charge in [-0.3, -0.25) is 0 Å². The Morgan fingerprint density at radius 3 is 2.47 bits per heavy atom. The molecule has 1 rings (SSSR count). The Balaban J connectivity index is 2.65. The fraction of sp³-hybridized carbons (Fsp3) is 0.571. The predicted molar refractivity (Wildman–Crippen MR) is 70.3 cm³/mol. The van der Waals surface area contributed by atoms with E-state index in [4.69, 9.17) is 4.74 Å². The van der Waals surface area contributed by atoms with Crippen LogP contribution < -0.4 is 4.74 Å². The number of ether oxygens (including phenoxy) is 1. The molecule has 17 heavy (non-hydrogen) atoms. The van der Waals surface area contributed by atoms with Gasteiger partial charge in [0.15, 0.2) is 0 Å². The monoisotopic (exact) mass is 237 g/mol. The Morgan fingerprint density at radius 2 is 1.88 bits per heavy atom. The Hall–Kier alpha value is -1.06. The molecule has 0 bridgehead atoms. The minimum absolute atomic E-state index is 0.505. The Bertz CT molecular complexity index is 339. The molecular formula is C14H23NO2. The van der Waals surface area contributed by atoms with Gasteiger partial charge in [-0.2, -0.15) is 0 Å². The lowest BCUT2D eigenvalue weighted by atomic mass is 10.1. The lowest BCUT2D eigenvalue weighted by molar-refractivity contribution is 0.118. The van der Waals surface area contributed by atoms with E-state index < -0.39 is 6.10 Å². The maximum Gasteiger partial charge on any atom is 0.124 e. The third-order valence-corrected chi connectivity index (χ3v) is 2.66. The summed E-state index contributed by atoms with van der Waals surface area (Å²) in [4.78, 5) is 2.14. The predicted octanol–water partition coefficient (Wildman–Crippen LogP) is 2.32. The molecule has 0 aromatic heterocycles. The van der Waals surface area contributed by atoms with Crippen LogP contribution in [0.3, 0.4) is 0 Å². The zero-order valence-electron chi connectivity index (χ0n) is 11.2. The highest BCUT2D eigenvalue weighted by Crippen LogP contribution is 2.25. The first kappa shape index (κ1) is 14.0. The maximum absolute atomic E-state index is 10.2. The molecule has 0 radical (unpaired) electrons. The number of likely N-dealkylation sites (N-methyl/N-ethyl adjacent to an activating group) is 1. The van der Waals surface area contributed by atoms with E-state index in [0.717, 1.165) is 17.9 Å². The Morgan fingerprint density at radius 1 is 1.24 bits per heavy atom. The minimum atomic E-state index is -0.505. The first-order chi connectivity index (χ1) is 8.04. The summed E-state index contributed by atoms with van der Waals surface area (Å²) < 4.78 is 5.25. The van der Waals surface area contributed by atoms with Gasteiger partial charge in [0.05, 0.1) is 13.2 Å². The average molecular weight is 237 g/mol. The zero-order chi connectivity index (χ0) is 12.8. The highest BCUT2D eigenvalue weighted by molar-refractivity contribution is 5.35. The second-order valence-corrected chi connectivity index (χ2v) is 4.87. The number of benzene rings is 1. The molecule has 0 saturated heterocycles. The van der Waals surface area contributed by atoms with E-state index in [1.165, 1.54) is 0 Å². The topological polar surface area (TPSA) is 32.7 Å². The highest BCUT2D eigenvalue weighted by Gasteiger charge is 2.15. The van der Waals surface area contributed by atoms with Crippen molar-refractivity contribution in [2.24, 2.45) is 5.92 Å². The summed E-state index contributed by atoms with van der Waals surface area (Å²) in [7, 11) is 3.65. The van der Waals surface area contributed by atoms with Crippen LogP contribution in [0.5, 0.6) is 5.75 Å². The van der Waals surface area contributed by atoms with Gasteiger partial charge in [0.25, 0.3) is 0 Å². The van der Waals surface area contributed by atoms with Crippen LogP contribution >= 0.6 is 0 Å². The van der Waals surface area contributed by atoms with E-state index in [0.29, 0.717) is 12.5 Å². The fourth-order valence-corrected chi connectivity index (χ4v) is 2.03. The van der Waals surface area contributed by atoms with E-state index in [1.54, 1.807) is 7.11 Å². The molecule has 1 atom stereocenters. The first-order valence-electron chi connectivity index (χ1n) is 6.04.